The molecular formula is C36H43N3O6S. The minimum atomic E-state index is -0.988. The first-order valence-electron chi connectivity index (χ1n) is 15.6. The molecule has 0 radical (unpaired) electrons. The molecule has 1 heterocycles. The van der Waals surface area contributed by atoms with Gasteiger partial charge < -0.3 is 19.7 Å². The molecule has 0 saturated carbocycles. The summed E-state index contributed by atoms with van der Waals surface area (Å²) >= 11 is 4.50. The van der Waals surface area contributed by atoms with E-state index in [0.29, 0.717) is 41.8 Å². The molecule has 244 valence electrons. The van der Waals surface area contributed by atoms with Crippen molar-refractivity contribution in [3.05, 3.63) is 95.6 Å². The van der Waals surface area contributed by atoms with Gasteiger partial charge in [0.2, 0.25) is 0 Å². The van der Waals surface area contributed by atoms with Gasteiger partial charge in [0.05, 0.1) is 29.7 Å². The average Bonchev–Trinajstić information content (AvgIpc) is 3.09. The van der Waals surface area contributed by atoms with Gasteiger partial charge >= 0.3 is 12.1 Å². The maximum atomic E-state index is 14.7. The number of amides is 3. The van der Waals surface area contributed by atoms with Crippen molar-refractivity contribution in [3.63, 3.8) is 0 Å². The molecule has 0 fully saturated rings. The fraction of sp³-hybridized carbons (Fsp3) is 0.389. The van der Waals surface area contributed by atoms with E-state index in [4.69, 9.17) is 9.47 Å². The Morgan fingerprint density at radius 1 is 0.978 bits per heavy atom. The second-order valence-electron chi connectivity index (χ2n) is 12.3. The third-order valence-electron chi connectivity index (χ3n) is 7.50. The number of ether oxygens (including phenoxy) is 2. The summed E-state index contributed by atoms with van der Waals surface area (Å²) in [4.78, 5) is 57.1. The molecule has 1 N–H and O–H groups in total. The van der Waals surface area contributed by atoms with Crippen molar-refractivity contribution in [1.29, 1.82) is 0 Å². The van der Waals surface area contributed by atoms with Crippen LogP contribution >= 0.6 is 12.6 Å². The van der Waals surface area contributed by atoms with E-state index in [1.165, 1.54) is 4.90 Å². The molecule has 3 amide bonds. The number of hydrogen-bond donors (Lipinski definition) is 2. The minimum absolute atomic E-state index is 0.0649. The largest absolute Gasteiger partial charge is 0.466 e. The third-order valence-corrected chi connectivity index (χ3v) is 7.88. The Bertz CT molecular complexity index is 1530. The smallest absolute Gasteiger partial charge is 0.408 e. The normalized spacial score (nSPS) is 16.3. The predicted octanol–water partition coefficient (Wildman–Crippen LogP) is 6.99. The summed E-state index contributed by atoms with van der Waals surface area (Å²) in [6.07, 6.45) is 1.26. The fourth-order valence-corrected chi connectivity index (χ4v) is 5.82. The lowest BCUT2D eigenvalue weighted by Gasteiger charge is -2.35. The topological polar surface area (TPSA) is 105 Å². The second kappa shape index (κ2) is 15.3. The number of anilines is 2. The Kier molecular flexibility index (Phi) is 11.5. The molecule has 0 saturated heterocycles. The standard InChI is InChI=1S/C36H43N3O6S/c1-6-44-31(40)22-24(2)38-32(26-15-9-7-10-16-26)34(42)39(27-17-11-8-12-18-27)29-21-20-25(23-28(29)33(38)41)14-13-19-30(46)37-35(43)45-36(3,4)5/h7-12,15-18,20-21,23-24,30,32,46H,6,13-14,19,22H2,1-5H3,(H,37,43). The highest BCUT2D eigenvalue weighted by Crippen LogP contribution is 2.40. The van der Waals surface area contributed by atoms with Crippen molar-refractivity contribution in [1.82, 2.24) is 10.2 Å². The van der Waals surface area contributed by atoms with E-state index in [2.05, 4.69) is 17.9 Å². The molecule has 9 nitrogen and oxygen atoms in total. The number of alkyl carbamates (subject to hydrolysis) is 1. The van der Waals surface area contributed by atoms with Crippen molar-refractivity contribution >= 4 is 47.9 Å². The lowest BCUT2D eigenvalue weighted by Crippen LogP contribution is -2.46. The minimum Gasteiger partial charge on any atom is -0.466 e. The van der Waals surface area contributed by atoms with Crippen LogP contribution in [0.5, 0.6) is 0 Å². The third kappa shape index (κ3) is 8.69. The number of hydrogen-bond acceptors (Lipinski definition) is 7. The van der Waals surface area contributed by atoms with Crippen LogP contribution in [0.15, 0.2) is 78.9 Å². The van der Waals surface area contributed by atoms with Crippen molar-refractivity contribution in [2.24, 2.45) is 0 Å². The van der Waals surface area contributed by atoms with Crippen LogP contribution in [0.1, 0.15) is 81.4 Å². The molecule has 3 atom stereocenters. The van der Waals surface area contributed by atoms with Crippen LogP contribution in [-0.2, 0) is 25.5 Å². The van der Waals surface area contributed by atoms with Gasteiger partial charge in [-0.25, -0.2) is 4.79 Å². The molecule has 0 bridgehead atoms. The number of nitrogens with one attached hydrogen (secondary N) is 1. The van der Waals surface area contributed by atoms with E-state index in [-0.39, 0.29) is 24.8 Å². The van der Waals surface area contributed by atoms with E-state index in [1.807, 2.05) is 78.9 Å². The van der Waals surface area contributed by atoms with Crippen molar-refractivity contribution in [2.45, 2.75) is 83.4 Å². The highest BCUT2D eigenvalue weighted by molar-refractivity contribution is 7.80. The fourth-order valence-electron chi connectivity index (χ4n) is 5.53. The predicted molar refractivity (Wildman–Crippen MR) is 181 cm³/mol. The van der Waals surface area contributed by atoms with Crippen molar-refractivity contribution in [3.8, 4) is 0 Å². The number of esters is 1. The SMILES string of the molecule is CCOC(=O)CC(C)N1C(=O)c2cc(CCCC(S)NC(=O)OC(C)(C)C)ccc2N(c2ccccc2)C(=O)C1c1ccccc1. The number of nitrogens with zero attached hydrogens (tertiary/aromatic N) is 2. The Morgan fingerprint density at radius 3 is 2.26 bits per heavy atom. The molecular weight excluding hydrogens is 602 g/mol. The van der Waals surface area contributed by atoms with Gasteiger partial charge in [0.25, 0.3) is 11.8 Å². The first-order chi connectivity index (χ1) is 21.9. The number of rotatable bonds is 11. The van der Waals surface area contributed by atoms with Gasteiger partial charge in [0, 0.05) is 11.7 Å². The molecule has 3 aromatic rings. The van der Waals surface area contributed by atoms with Crippen molar-refractivity contribution in [2.75, 3.05) is 11.5 Å². The van der Waals surface area contributed by atoms with Crippen LogP contribution in [0.2, 0.25) is 0 Å². The average molecular weight is 646 g/mol. The lowest BCUT2D eigenvalue weighted by molar-refractivity contribution is -0.144. The number of para-hydroxylation sites is 1. The van der Waals surface area contributed by atoms with Gasteiger partial charge in [-0.3, -0.25) is 19.3 Å². The Hall–Kier alpha value is -4.31. The van der Waals surface area contributed by atoms with E-state index in [1.54, 1.807) is 39.5 Å². The van der Waals surface area contributed by atoms with Gasteiger partial charge in [0.1, 0.15) is 11.6 Å². The van der Waals surface area contributed by atoms with Crippen LogP contribution in [0.4, 0.5) is 16.2 Å². The summed E-state index contributed by atoms with van der Waals surface area (Å²) in [6, 6.07) is 22.3. The monoisotopic (exact) mass is 645 g/mol. The summed E-state index contributed by atoms with van der Waals surface area (Å²) in [5.41, 5.74) is 2.38. The molecule has 10 heteroatoms. The van der Waals surface area contributed by atoms with Gasteiger partial charge in [-0.1, -0.05) is 54.6 Å². The van der Waals surface area contributed by atoms with Crippen LogP contribution in [-0.4, -0.2) is 52.4 Å². The number of carbonyl (C=O) groups is 4. The van der Waals surface area contributed by atoms with E-state index in [9.17, 15) is 19.2 Å². The Morgan fingerprint density at radius 2 is 1.63 bits per heavy atom. The first-order valence-corrected chi connectivity index (χ1v) is 16.1. The zero-order valence-corrected chi connectivity index (χ0v) is 28.0. The van der Waals surface area contributed by atoms with Crippen LogP contribution < -0.4 is 10.2 Å². The molecule has 1 aliphatic heterocycles. The summed E-state index contributed by atoms with van der Waals surface area (Å²) in [5, 5.41) is 2.33. The van der Waals surface area contributed by atoms with Crippen LogP contribution in [0.3, 0.4) is 0 Å². The quantitative estimate of drug-likeness (QED) is 0.132. The van der Waals surface area contributed by atoms with Gasteiger partial charge in [0.15, 0.2) is 0 Å². The molecule has 0 aliphatic carbocycles. The molecule has 3 unspecified atom stereocenters. The van der Waals surface area contributed by atoms with E-state index in [0.717, 1.165) is 5.56 Å². The maximum Gasteiger partial charge on any atom is 0.408 e. The van der Waals surface area contributed by atoms with Gasteiger partial charge in [-0.2, -0.15) is 12.6 Å². The summed E-state index contributed by atoms with van der Waals surface area (Å²) in [5.74, 6) is -1.10. The molecule has 3 aromatic carbocycles. The molecule has 4 rings (SSSR count). The molecule has 0 aromatic heterocycles. The number of benzene rings is 3. The highest BCUT2D eigenvalue weighted by atomic mass is 32.1. The van der Waals surface area contributed by atoms with Gasteiger partial charge in [-0.15, -0.1) is 0 Å². The summed E-state index contributed by atoms with van der Waals surface area (Å²) < 4.78 is 10.5. The molecule has 46 heavy (non-hydrogen) atoms. The first kappa shape index (κ1) is 34.6. The van der Waals surface area contributed by atoms with Crippen LogP contribution in [0.25, 0.3) is 0 Å². The molecule has 0 spiro atoms. The Balaban J connectivity index is 1.70. The summed E-state index contributed by atoms with van der Waals surface area (Å²) in [7, 11) is 0. The lowest BCUT2D eigenvalue weighted by atomic mass is 10.00. The molecule has 1 aliphatic rings. The zero-order chi connectivity index (χ0) is 33.4. The number of carbonyl (C=O) groups excluding carboxylic acids is 4. The van der Waals surface area contributed by atoms with E-state index < -0.39 is 35.1 Å². The van der Waals surface area contributed by atoms with Gasteiger partial charge in [-0.05, 0) is 89.3 Å². The Labute approximate surface area is 276 Å². The van der Waals surface area contributed by atoms with Crippen molar-refractivity contribution < 1.29 is 28.7 Å². The zero-order valence-electron chi connectivity index (χ0n) is 27.1. The van der Waals surface area contributed by atoms with E-state index >= 15 is 0 Å². The number of thiol groups is 1. The summed E-state index contributed by atoms with van der Waals surface area (Å²) in [6.45, 7) is 9.11. The number of aryl methyl sites for hydroxylation is 1. The number of fused-ring (bicyclic) bond motifs is 1. The maximum absolute atomic E-state index is 14.7. The highest BCUT2D eigenvalue weighted by Gasteiger charge is 2.43. The van der Waals surface area contributed by atoms with Crippen LogP contribution in [0, 0.1) is 0 Å². The second-order valence-corrected chi connectivity index (χ2v) is 12.9.